The molecule has 3 aromatic rings. The lowest BCUT2D eigenvalue weighted by atomic mass is 10.1. The van der Waals surface area contributed by atoms with Gasteiger partial charge in [0.15, 0.2) is 5.65 Å². The molecule has 1 aliphatic rings. The van der Waals surface area contributed by atoms with Gasteiger partial charge >= 0.3 is 0 Å². The van der Waals surface area contributed by atoms with E-state index in [1.54, 1.807) is 16.9 Å². The van der Waals surface area contributed by atoms with Crippen molar-refractivity contribution in [2.75, 3.05) is 24.5 Å². The molecule has 1 atom stereocenters. The topological polar surface area (TPSA) is 49.6 Å². The number of pyridine rings is 2. The minimum atomic E-state index is -0.297. The minimum absolute atomic E-state index is 0.297. The van der Waals surface area contributed by atoms with E-state index >= 15 is 0 Å². The fourth-order valence-corrected chi connectivity index (χ4v) is 3.27. The van der Waals surface area contributed by atoms with Crippen LogP contribution in [0.4, 0.5) is 10.2 Å². The summed E-state index contributed by atoms with van der Waals surface area (Å²) < 4.78 is 14.8. The first-order valence-electron chi connectivity index (χ1n) is 8.08. The van der Waals surface area contributed by atoms with Crippen molar-refractivity contribution >= 4 is 11.5 Å². The Morgan fingerprint density at radius 1 is 1.21 bits per heavy atom. The van der Waals surface area contributed by atoms with Crippen molar-refractivity contribution in [1.82, 2.24) is 24.5 Å². The minimum Gasteiger partial charge on any atom is -0.351 e. The number of piperazine rings is 1. The van der Waals surface area contributed by atoms with Crippen molar-refractivity contribution in [2.24, 2.45) is 0 Å². The van der Waals surface area contributed by atoms with Crippen molar-refractivity contribution < 1.29 is 4.39 Å². The molecule has 124 valence electrons. The van der Waals surface area contributed by atoms with Gasteiger partial charge in [-0.1, -0.05) is 0 Å². The molecule has 0 saturated carbocycles. The third-order valence-electron chi connectivity index (χ3n) is 4.47. The molecule has 0 aromatic carbocycles. The standard InChI is InChI=1S/C17H19FN6/c1-13-10-22(6-7-23(13)16-3-2-15(18)9-19-16)11-14-4-5-24-17(8-14)20-12-21-24/h2-5,8-9,12-13H,6-7,10-11H2,1H3. The molecule has 0 amide bonds. The lowest BCUT2D eigenvalue weighted by Crippen LogP contribution is -2.51. The summed E-state index contributed by atoms with van der Waals surface area (Å²) in [7, 11) is 0. The van der Waals surface area contributed by atoms with Crippen LogP contribution < -0.4 is 4.90 Å². The quantitative estimate of drug-likeness (QED) is 0.736. The molecule has 6 nitrogen and oxygen atoms in total. The lowest BCUT2D eigenvalue weighted by Gasteiger charge is -2.40. The van der Waals surface area contributed by atoms with Crippen molar-refractivity contribution in [3.05, 3.63) is 54.4 Å². The van der Waals surface area contributed by atoms with Crippen LogP contribution in [0.3, 0.4) is 0 Å². The molecular weight excluding hydrogens is 307 g/mol. The first-order chi connectivity index (χ1) is 11.7. The Bertz CT molecular complexity index is 830. The van der Waals surface area contributed by atoms with Crippen LogP contribution in [0.5, 0.6) is 0 Å². The van der Waals surface area contributed by atoms with Crippen LogP contribution in [0.15, 0.2) is 43.0 Å². The Labute approximate surface area is 139 Å². The van der Waals surface area contributed by atoms with Gasteiger partial charge in [-0.2, -0.15) is 5.10 Å². The Hall–Kier alpha value is -2.54. The Balaban J connectivity index is 1.43. The number of rotatable bonds is 3. The van der Waals surface area contributed by atoms with Gasteiger partial charge in [-0.15, -0.1) is 0 Å². The fraction of sp³-hybridized carbons (Fsp3) is 0.353. The average Bonchev–Trinajstić information content (AvgIpc) is 3.04. The second-order valence-electron chi connectivity index (χ2n) is 6.21. The molecule has 0 spiro atoms. The number of hydrogen-bond donors (Lipinski definition) is 0. The van der Waals surface area contributed by atoms with Crippen LogP contribution in [0, 0.1) is 5.82 Å². The summed E-state index contributed by atoms with van der Waals surface area (Å²) in [5.41, 5.74) is 2.10. The van der Waals surface area contributed by atoms with Gasteiger partial charge in [0, 0.05) is 38.4 Å². The fourth-order valence-electron chi connectivity index (χ4n) is 3.27. The third kappa shape index (κ3) is 2.94. The molecule has 1 saturated heterocycles. The first-order valence-corrected chi connectivity index (χ1v) is 8.08. The molecule has 1 unspecified atom stereocenters. The molecule has 24 heavy (non-hydrogen) atoms. The first kappa shape index (κ1) is 15.0. The van der Waals surface area contributed by atoms with Gasteiger partial charge in [0.1, 0.15) is 18.0 Å². The van der Waals surface area contributed by atoms with Crippen LogP contribution >= 0.6 is 0 Å². The van der Waals surface area contributed by atoms with Gasteiger partial charge in [-0.25, -0.2) is 18.9 Å². The number of halogens is 1. The van der Waals surface area contributed by atoms with Gasteiger partial charge in [0.2, 0.25) is 0 Å². The highest BCUT2D eigenvalue weighted by Crippen LogP contribution is 2.19. The van der Waals surface area contributed by atoms with Crippen molar-refractivity contribution in [3.8, 4) is 0 Å². The second kappa shape index (κ2) is 6.16. The van der Waals surface area contributed by atoms with E-state index in [2.05, 4.69) is 43.9 Å². The van der Waals surface area contributed by atoms with E-state index in [0.29, 0.717) is 6.04 Å². The predicted octanol–water partition coefficient (Wildman–Crippen LogP) is 1.97. The number of nitrogens with zero attached hydrogens (tertiary/aromatic N) is 6. The summed E-state index contributed by atoms with van der Waals surface area (Å²) in [5.74, 6) is 0.544. The molecule has 0 aliphatic carbocycles. The van der Waals surface area contributed by atoms with Crippen LogP contribution in [-0.2, 0) is 6.54 Å². The van der Waals surface area contributed by atoms with E-state index in [0.717, 1.165) is 37.6 Å². The molecule has 3 aromatic heterocycles. The summed E-state index contributed by atoms with van der Waals surface area (Å²) >= 11 is 0. The van der Waals surface area contributed by atoms with Crippen LogP contribution in [0.25, 0.3) is 5.65 Å². The highest BCUT2D eigenvalue weighted by molar-refractivity contribution is 5.41. The molecular formula is C17H19FN6. The van der Waals surface area contributed by atoms with Gasteiger partial charge < -0.3 is 4.90 Å². The van der Waals surface area contributed by atoms with E-state index < -0.39 is 0 Å². The SMILES string of the molecule is CC1CN(Cc2ccn3ncnc3c2)CCN1c1ccc(F)cn1. The monoisotopic (exact) mass is 326 g/mol. The van der Waals surface area contributed by atoms with E-state index in [1.807, 2.05) is 6.20 Å². The molecule has 0 N–H and O–H groups in total. The number of aromatic nitrogens is 4. The Morgan fingerprint density at radius 2 is 2.12 bits per heavy atom. The van der Waals surface area contributed by atoms with E-state index in [-0.39, 0.29) is 5.82 Å². The van der Waals surface area contributed by atoms with Crippen molar-refractivity contribution in [2.45, 2.75) is 19.5 Å². The summed E-state index contributed by atoms with van der Waals surface area (Å²) in [6, 6.07) is 7.70. The molecule has 4 rings (SSSR count). The highest BCUT2D eigenvalue weighted by atomic mass is 19.1. The largest absolute Gasteiger partial charge is 0.351 e. The zero-order valence-corrected chi connectivity index (χ0v) is 13.5. The van der Waals surface area contributed by atoms with E-state index in [9.17, 15) is 4.39 Å². The van der Waals surface area contributed by atoms with Crippen molar-refractivity contribution in [1.29, 1.82) is 0 Å². The van der Waals surface area contributed by atoms with Crippen molar-refractivity contribution in [3.63, 3.8) is 0 Å². The normalized spacial score (nSPS) is 19.1. The van der Waals surface area contributed by atoms with Gasteiger partial charge in [-0.3, -0.25) is 4.90 Å². The van der Waals surface area contributed by atoms with Gasteiger partial charge in [-0.05, 0) is 36.8 Å². The van der Waals surface area contributed by atoms with E-state index in [1.165, 1.54) is 17.8 Å². The summed E-state index contributed by atoms with van der Waals surface area (Å²) in [6.07, 6.45) is 4.79. The summed E-state index contributed by atoms with van der Waals surface area (Å²) in [6.45, 7) is 5.84. The summed E-state index contributed by atoms with van der Waals surface area (Å²) in [4.78, 5) is 13.1. The zero-order valence-electron chi connectivity index (χ0n) is 13.5. The predicted molar refractivity (Wildman–Crippen MR) is 89.3 cm³/mol. The smallest absolute Gasteiger partial charge is 0.155 e. The zero-order chi connectivity index (χ0) is 16.5. The number of anilines is 1. The molecule has 4 heterocycles. The maximum Gasteiger partial charge on any atom is 0.155 e. The molecule has 7 heteroatoms. The lowest BCUT2D eigenvalue weighted by molar-refractivity contribution is 0.220. The second-order valence-corrected chi connectivity index (χ2v) is 6.21. The van der Waals surface area contributed by atoms with Crippen LogP contribution in [-0.4, -0.2) is 50.2 Å². The van der Waals surface area contributed by atoms with Crippen LogP contribution in [0.2, 0.25) is 0 Å². The Kier molecular flexibility index (Phi) is 3.86. The maximum absolute atomic E-state index is 13.0. The van der Waals surface area contributed by atoms with Crippen LogP contribution in [0.1, 0.15) is 12.5 Å². The molecule has 1 fully saturated rings. The molecule has 0 radical (unpaired) electrons. The summed E-state index contributed by atoms with van der Waals surface area (Å²) in [5, 5.41) is 4.12. The molecule has 0 bridgehead atoms. The number of fused-ring (bicyclic) bond motifs is 1. The average molecular weight is 326 g/mol. The van der Waals surface area contributed by atoms with Gasteiger partial charge in [0.25, 0.3) is 0 Å². The maximum atomic E-state index is 13.0. The van der Waals surface area contributed by atoms with Gasteiger partial charge in [0.05, 0.1) is 6.20 Å². The Morgan fingerprint density at radius 3 is 2.92 bits per heavy atom. The van der Waals surface area contributed by atoms with E-state index in [4.69, 9.17) is 0 Å². The molecule has 1 aliphatic heterocycles. The highest BCUT2D eigenvalue weighted by Gasteiger charge is 2.24. The number of hydrogen-bond acceptors (Lipinski definition) is 5. The third-order valence-corrected chi connectivity index (χ3v) is 4.47.